The Morgan fingerprint density at radius 2 is 1.96 bits per heavy atom. The molecule has 0 aliphatic heterocycles. The number of anilines is 1. The molecule has 0 radical (unpaired) electrons. The van der Waals surface area contributed by atoms with Crippen LogP contribution in [0.5, 0.6) is 0 Å². The van der Waals surface area contributed by atoms with Crippen LogP contribution in [0.3, 0.4) is 0 Å². The number of nitrogens with zero attached hydrogens (tertiary/aromatic N) is 2. The van der Waals surface area contributed by atoms with Gasteiger partial charge in [0, 0.05) is 23.6 Å². The minimum atomic E-state index is -0.687. The lowest BCUT2D eigenvalue weighted by Gasteiger charge is -2.10. The number of imidazole rings is 1. The molecule has 2 aromatic heterocycles. The highest BCUT2D eigenvalue weighted by atomic mass is 35.5. The van der Waals surface area contributed by atoms with E-state index in [1.165, 1.54) is 14.2 Å². The first-order valence-electron chi connectivity index (χ1n) is 7.90. The van der Waals surface area contributed by atoms with Crippen LogP contribution < -0.4 is 5.32 Å². The summed E-state index contributed by atoms with van der Waals surface area (Å²) in [6.45, 7) is 0. The topological polar surface area (TPSA) is 81.9 Å². The normalized spacial score (nSPS) is 11.3. The van der Waals surface area contributed by atoms with Crippen LogP contribution in [0.1, 0.15) is 0 Å². The molecule has 8 heteroatoms. The SMILES string of the molecule is COC(=O)/C=C(/Nc1cccc(-c2cn3cc(Cl)ccc3n2)c1)C(=O)OC. The van der Waals surface area contributed by atoms with Crippen molar-refractivity contribution in [2.24, 2.45) is 0 Å². The molecular weight excluding hydrogens is 370 g/mol. The first-order valence-corrected chi connectivity index (χ1v) is 8.27. The van der Waals surface area contributed by atoms with Crippen LogP contribution in [-0.2, 0) is 19.1 Å². The van der Waals surface area contributed by atoms with Crippen LogP contribution in [0.2, 0.25) is 5.02 Å². The fraction of sp³-hybridized carbons (Fsp3) is 0.105. The number of rotatable bonds is 5. The Labute approximate surface area is 160 Å². The summed E-state index contributed by atoms with van der Waals surface area (Å²) < 4.78 is 11.1. The van der Waals surface area contributed by atoms with Gasteiger partial charge in [0.1, 0.15) is 11.3 Å². The van der Waals surface area contributed by atoms with Gasteiger partial charge in [-0.3, -0.25) is 0 Å². The lowest BCUT2D eigenvalue weighted by molar-refractivity contribution is -0.138. The van der Waals surface area contributed by atoms with Gasteiger partial charge in [-0.25, -0.2) is 14.6 Å². The average molecular weight is 386 g/mol. The van der Waals surface area contributed by atoms with Crippen molar-refractivity contribution in [3.05, 3.63) is 65.6 Å². The van der Waals surface area contributed by atoms with Crippen molar-refractivity contribution < 1.29 is 19.1 Å². The number of esters is 2. The zero-order valence-corrected chi connectivity index (χ0v) is 15.4. The van der Waals surface area contributed by atoms with Crippen molar-refractivity contribution in [2.75, 3.05) is 19.5 Å². The Kier molecular flexibility index (Phi) is 5.42. The molecule has 0 aliphatic carbocycles. The number of hydrogen-bond acceptors (Lipinski definition) is 6. The van der Waals surface area contributed by atoms with E-state index < -0.39 is 11.9 Å². The Bertz CT molecular complexity index is 1040. The molecule has 0 spiro atoms. The van der Waals surface area contributed by atoms with Gasteiger partial charge in [-0.1, -0.05) is 23.7 Å². The maximum atomic E-state index is 11.9. The largest absolute Gasteiger partial charge is 0.466 e. The molecule has 0 saturated carbocycles. The number of fused-ring (bicyclic) bond motifs is 1. The van der Waals surface area contributed by atoms with Crippen molar-refractivity contribution >= 4 is 34.9 Å². The first-order chi connectivity index (χ1) is 13.0. The molecule has 3 aromatic rings. The fourth-order valence-corrected chi connectivity index (χ4v) is 2.62. The molecular formula is C19H16ClN3O4. The number of pyridine rings is 1. The smallest absolute Gasteiger partial charge is 0.354 e. The predicted octanol–water partition coefficient (Wildman–Crippen LogP) is 3.30. The molecule has 7 nitrogen and oxygen atoms in total. The zero-order chi connectivity index (χ0) is 19.4. The third kappa shape index (κ3) is 4.27. The molecule has 2 heterocycles. The highest BCUT2D eigenvalue weighted by Gasteiger charge is 2.13. The Morgan fingerprint density at radius 1 is 1.15 bits per heavy atom. The number of hydrogen-bond donors (Lipinski definition) is 1. The van der Waals surface area contributed by atoms with E-state index in [1.807, 2.05) is 28.8 Å². The highest BCUT2D eigenvalue weighted by Crippen LogP contribution is 2.24. The van der Waals surface area contributed by atoms with Gasteiger partial charge in [0.15, 0.2) is 0 Å². The Balaban J connectivity index is 1.92. The second-order valence-corrected chi connectivity index (χ2v) is 5.95. The third-order valence-corrected chi connectivity index (χ3v) is 3.94. The number of ether oxygens (including phenoxy) is 2. The summed E-state index contributed by atoms with van der Waals surface area (Å²) in [5.41, 5.74) is 2.86. The monoisotopic (exact) mass is 385 g/mol. The lowest BCUT2D eigenvalue weighted by Crippen LogP contribution is -2.15. The lowest BCUT2D eigenvalue weighted by atomic mass is 10.1. The van der Waals surface area contributed by atoms with Crippen molar-refractivity contribution in [3.63, 3.8) is 0 Å². The summed E-state index contributed by atoms with van der Waals surface area (Å²) >= 11 is 6.01. The molecule has 1 N–H and O–H groups in total. The van der Waals surface area contributed by atoms with Crippen LogP contribution in [-0.4, -0.2) is 35.5 Å². The number of methoxy groups -OCH3 is 2. The van der Waals surface area contributed by atoms with Gasteiger partial charge >= 0.3 is 11.9 Å². The average Bonchev–Trinajstić information content (AvgIpc) is 3.10. The quantitative estimate of drug-likeness (QED) is 0.536. The molecule has 0 fully saturated rings. The zero-order valence-electron chi connectivity index (χ0n) is 14.6. The van der Waals surface area contributed by atoms with Gasteiger partial charge in [0.25, 0.3) is 0 Å². The van der Waals surface area contributed by atoms with Crippen LogP contribution in [0.25, 0.3) is 16.9 Å². The van der Waals surface area contributed by atoms with Crippen molar-refractivity contribution in [2.45, 2.75) is 0 Å². The minimum absolute atomic E-state index is 0.0386. The van der Waals surface area contributed by atoms with E-state index >= 15 is 0 Å². The standard InChI is InChI=1S/C19H16ClN3O4/c1-26-18(24)9-15(19(25)27-2)21-14-5-3-4-12(8-14)16-11-23-10-13(20)6-7-17(23)22-16/h3-11,21H,1-2H3/b15-9+. The van der Waals surface area contributed by atoms with Crippen LogP contribution in [0.15, 0.2) is 60.6 Å². The van der Waals surface area contributed by atoms with Gasteiger partial charge in [-0.15, -0.1) is 0 Å². The minimum Gasteiger partial charge on any atom is -0.466 e. The number of nitrogens with one attached hydrogen (secondary N) is 1. The molecule has 1 aromatic carbocycles. The maximum Gasteiger partial charge on any atom is 0.354 e. The van der Waals surface area contributed by atoms with Crippen LogP contribution in [0, 0.1) is 0 Å². The van der Waals surface area contributed by atoms with Crippen molar-refractivity contribution in [1.82, 2.24) is 9.38 Å². The molecule has 138 valence electrons. The molecule has 3 rings (SSSR count). The number of benzene rings is 1. The second-order valence-electron chi connectivity index (χ2n) is 5.52. The molecule has 0 saturated heterocycles. The maximum absolute atomic E-state index is 11.9. The van der Waals surface area contributed by atoms with Gasteiger partial charge in [0.2, 0.25) is 0 Å². The van der Waals surface area contributed by atoms with E-state index in [1.54, 1.807) is 24.4 Å². The fourth-order valence-electron chi connectivity index (χ4n) is 2.45. The molecule has 0 unspecified atom stereocenters. The van der Waals surface area contributed by atoms with E-state index in [0.29, 0.717) is 10.7 Å². The van der Waals surface area contributed by atoms with E-state index in [2.05, 4.69) is 15.0 Å². The van der Waals surface area contributed by atoms with Gasteiger partial charge in [-0.2, -0.15) is 0 Å². The molecule has 0 bridgehead atoms. The summed E-state index contributed by atoms with van der Waals surface area (Å²) in [6, 6.07) is 10.8. The summed E-state index contributed by atoms with van der Waals surface area (Å²) in [5.74, 6) is -1.36. The van der Waals surface area contributed by atoms with Gasteiger partial charge in [0.05, 0.1) is 31.0 Å². The molecule has 0 amide bonds. The van der Waals surface area contributed by atoms with E-state index in [0.717, 1.165) is 23.0 Å². The summed E-state index contributed by atoms with van der Waals surface area (Å²) in [5, 5.41) is 3.49. The van der Waals surface area contributed by atoms with Crippen LogP contribution >= 0.6 is 11.6 Å². The summed E-state index contributed by atoms with van der Waals surface area (Å²) in [6.07, 6.45) is 4.65. The summed E-state index contributed by atoms with van der Waals surface area (Å²) in [4.78, 5) is 27.9. The molecule has 27 heavy (non-hydrogen) atoms. The predicted molar refractivity (Wildman–Crippen MR) is 101 cm³/mol. The van der Waals surface area contributed by atoms with Crippen molar-refractivity contribution in [1.29, 1.82) is 0 Å². The molecule has 0 aliphatic rings. The Morgan fingerprint density at radius 3 is 2.70 bits per heavy atom. The number of aromatic nitrogens is 2. The molecule has 0 atom stereocenters. The second kappa shape index (κ2) is 7.92. The summed E-state index contributed by atoms with van der Waals surface area (Å²) in [7, 11) is 2.46. The first kappa shape index (κ1) is 18.5. The van der Waals surface area contributed by atoms with Gasteiger partial charge < -0.3 is 19.2 Å². The van der Waals surface area contributed by atoms with E-state index in [9.17, 15) is 9.59 Å². The van der Waals surface area contributed by atoms with Crippen molar-refractivity contribution in [3.8, 4) is 11.3 Å². The Hall–Kier alpha value is -3.32. The number of carbonyl (C=O) groups excluding carboxylic acids is 2. The van der Waals surface area contributed by atoms with Crippen LogP contribution in [0.4, 0.5) is 5.69 Å². The number of halogens is 1. The van der Waals surface area contributed by atoms with Gasteiger partial charge in [-0.05, 0) is 24.3 Å². The van der Waals surface area contributed by atoms with E-state index in [4.69, 9.17) is 16.3 Å². The van der Waals surface area contributed by atoms with E-state index in [-0.39, 0.29) is 5.70 Å². The third-order valence-electron chi connectivity index (χ3n) is 3.72. The number of carbonyl (C=O) groups is 2. The highest BCUT2D eigenvalue weighted by molar-refractivity contribution is 6.30.